The molecule has 2 N–H and O–H groups in total. The fourth-order valence-electron chi connectivity index (χ4n) is 2.84. The van der Waals surface area contributed by atoms with Gasteiger partial charge in [0.2, 0.25) is 0 Å². The van der Waals surface area contributed by atoms with Crippen LogP contribution in [0.25, 0.3) is 11.0 Å². The van der Waals surface area contributed by atoms with Crippen molar-refractivity contribution >= 4 is 11.0 Å². The number of benzene rings is 1. The SMILES string of the molecule is Cc1cc(=O)oc2cc(OC[C@@H](O)C[NH+]3CCOCC3)ccc12. The molecule has 3 rings (SSSR count). The minimum atomic E-state index is -0.539. The molecule has 1 aromatic heterocycles. The first kappa shape index (κ1) is 16.0. The van der Waals surface area contributed by atoms with E-state index < -0.39 is 6.10 Å². The number of morpholine rings is 1. The molecule has 0 bridgehead atoms. The molecule has 2 heterocycles. The third kappa shape index (κ3) is 4.10. The minimum Gasteiger partial charge on any atom is -0.491 e. The number of nitrogens with one attached hydrogen (secondary N) is 1. The molecule has 1 fully saturated rings. The van der Waals surface area contributed by atoms with E-state index in [0.29, 0.717) is 17.9 Å². The lowest BCUT2D eigenvalue weighted by molar-refractivity contribution is -0.911. The molecule has 6 nitrogen and oxygen atoms in total. The Morgan fingerprint density at radius 2 is 2.09 bits per heavy atom. The van der Waals surface area contributed by atoms with Crippen molar-refractivity contribution in [3.8, 4) is 5.75 Å². The van der Waals surface area contributed by atoms with E-state index >= 15 is 0 Å². The summed E-state index contributed by atoms with van der Waals surface area (Å²) >= 11 is 0. The van der Waals surface area contributed by atoms with Crippen LogP contribution in [0.2, 0.25) is 0 Å². The molecule has 1 saturated heterocycles. The van der Waals surface area contributed by atoms with E-state index in [0.717, 1.165) is 37.3 Å². The molecule has 1 atom stereocenters. The zero-order valence-electron chi connectivity index (χ0n) is 13.2. The molecule has 1 aliphatic heterocycles. The molecule has 0 amide bonds. The van der Waals surface area contributed by atoms with Gasteiger partial charge in [0.15, 0.2) is 0 Å². The Morgan fingerprint density at radius 3 is 2.87 bits per heavy atom. The molecular weight excluding hydrogens is 298 g/mol. The van der Waals surface area contributed by atoms with Gasteiger partial charge in [-0.3, -0.25) is 0 Å². The van der Waals surface area contributed by atoms with Crippen molar-refractivity contribution in [3.63, 3.8) is 0 Å². The number of aliphatic hydroxyl groups is 1. The maximum atomic E-state index is 11.4. The highest BCUT2D eigenvalue weighted by Crippen LogP contribution is 2.22. The maximum Gasteiger partial charge on any atom is 0.336 e. The van der Waals surface area contributed by atoms with Crippen LogP contribution in [-0.2, 0) is 4.74 Å². The lowest BCUT2D eigenvalue weighted by Crippen LogP contribution is -3.15. The Balaban J connectivity index is 1.61. The van der Waals surface area contributed by atoms with Gasteiger partial charge in [0.05, 0.1) is 13.2 Å². The molecule has 6 heteroatoms. The Kier molecular flexibility index (Phi) is 4.95. The van der Waals surface area contributed by atoms with Crippen LogP contribution in [0.1, 0.15) is 5.56 Å². The highest BCUT2D eigenvalue weighted by atomic mass is 16.5. The molecule has 2 aromatic rings. The monoisotopic (exact) mass is 320 g/mol. The van der Waals surface area contributed by atoms with Crippen molar-refractivity contribution in [3.05, 3.63) is 40.2 Å². The first-order valence-electron chi connectivity index (χ1n) is 7.88. The Bertz CT molecular complexity index is 720. The number of aliphatic hydroxyl groups excluding tert-OH is 1. The smallest absolute Gasteiger partial charge is 0.336 e. The van der Waals surface area contributed by atoms with Gasteiger partial charge >= 0.3 is 5.63 Å². The summed E-state index contributed by atoms with van der Waals surface area (Å²) in [5, 5.41) is 11.0. The van der Waals surface area contributed by atoms with Gasteiger partial charge in [-0.15, -0.1) is 0 Å². The predicted octanol–water partition coefficient (Wildman–Crippen LogP) is -0.244. The van der Waals surface area contributed by atoms with E-state index in [1.165, 1.54) is 11.0 Å². The first-order valence-corrected chi connectivity index (χ1v) is 7.88. The van der Waals surface area contributed by atoms with Crippen LogP contribution in [0.4, 0.5) is 0 Å². The number of aryl methyl sites for hydroxylation is 1. The van der Waals surface area contributed by atoms with Crippen molar-refractivity contribution in [1.82, 2.24) is 0 Å². The summed E-state index contributed by atoms with van der Waals surface area (Å²) in [5.41, 5.74) is 1.00. The van der Waals surface area contributed by atoms with Crippen LogP contribution < -0.4 is 15.3 Å². The van der Waals surface area contributed by atoms with Gasteiger partial charge in [-0.2, -0.15) is 0 Å². The normalized spacial score (nSPS) is 17.3. The molecule has 23 heavy (non-hydrogen) atoms. The van der Waals surface area contributed by atoms with Gasteiger partial charge in [0.25, 0.3) is 0 Å². The number of ether oxygens (including phenoxy) is 2. The van der Waals surface area contributed by atoms with Crippen LogP contribution in [0, 0.1) is 6.92 Å². The van der Waals surface area contributed by atoms with E-state index in [2.05, 4.69) is 0 Å². The molecule has 124 valence electrons. The molecule has 0 spiro atoms. The molecule has 1 aliphatic rings. The number of hydrogen-bond donors (Lipinski definition) is 2. The van der Waals surface area contributed by atoms with Crippen molar-refractivity contribution in [2.45, 2.75) is 13.0 Å². The zero-order valence-corrected chi connectivity index (χ0v) is 13.2. The molecule has 0 radical (unpaired) electrons. The lowest BCUT2D eigenvalue weighted by atomic mass is 10.1. The highest BCUT2D eigenvalue weighted by Gasteiger charge is 2.18. The molecular formula is C17H22NO5+. The Hall–Kier alpha value is -1.89. The molecule has 1 aromatic carbocycles. The summed E-state index contributed by atoms with van der Waals surface area (Å²) in [7, 11) is 0. The van der Waals surface area contributed by atoms with E-state index in [1.807, 2.05) is 19.1 Å². The van der Waals surface area contributed by atoms with Crippen molar-refractivity contribution in [2.24, 2.45) is 0 Å². The third-order valence-electron chi connectivity index (χ3n) is 4.09. The summed E-state index contributed by atoms with van der Waals surface area (Å²) in [4.78, 5) is 12.8. The molecule has 0 unspecified atom stereocenters. The second-order valence-electron chi connectivity index (χ2n) is 5.94. The topological polar surface area (TPSA) is 73.3 Å². The second kappa shape index (κ2) is 7.12. The predicted molar refractivity (Wildman–Crippen MR) is 85.1 cm³/mol. The minimum absolute atomic E-state index is 0.214. The van der Waals surface area contributed by atoms with E-state index in [9.17, 15) is 9.90 Å². The maximum absolute atomic E-state index is 11.4. The standard InChI is InChI=1S/C17H21NO5/c1-12-8-17(20)23-16-9-14(2-3-15(12)16)22-11-13(19)10-18-4-6-21-7-5-18/h2-3,8-9,13,19H,4-7,10-11H2,1H3/p+1/t13-/m0/s1. The second-order valence-corrected chi connectivity index (χ2v) is 5.94. The quantitative estimate of drug-likeness (QED) is 0.744. The summed E-state index contributed by atoms with van der Waals surface area (Å²) in [6, 6.07) is 6.85. The van der Waals surface area contributed by atoms with Gasteiger partial charge in [0, 0.05) is 17.5 Å². The first-order chi connectivity index (χ1) is 11.1. The van der Waals surface area contributed by atoms with Crippen molar-refractivity contribution in [1.29, 1.82) is 0 Å². The van der Waals surface area contributed by atoms with Crippen LogP contribution in [-0.4, -0.2) is 50.7 Å². The van der Waals surface area contributed by atoms with Gasteiger partial charge in [-0.05, 0) is 24.6 Å². The summed E-state index contributed by atoms with van der Waals surface area (Å²) in [6.07, 6.45) is -0.539. The summed E-state index contributed by atoms with van der Waals surface area (Å²) in [6.45, 7) is 6.04. The van der Waals surface area contributed by atoms with Gasteiger partial charge in [-0.25, -0.2) is 4.79 Å². The van der Waals surface area contributed by atoms with E-state index in [1.54, 1.807) is 6.07 Å². The Morgan fingerprint density at radius 1 is 1.30 bits per heavy atom. The van der Waals surface area contributed by atoms with Crippen LogP contribution in [0.3, 0.4) is 0 Å². The molecule has 0 aliphatic carbocycles. The fourth-order valence-corrected chi connectivity index (χ4v) is 2.84. The van der Waals surface area contributed by atoms with Crippen LogP contribution >= 0.6 is 0 Å². The van der Waals surface area contributed by atoms with Crippen LogP contribution in [0.5, 0.6) is 5.75 Å². The highest BCUT2D eigenvalue weighted by molar-refractivity contribution is 5.81. The summed E-state index contributed by atoms with van der Waals surface area (Å²) in [5.74, 6) is 0.585. The average Bonchev–Trinajstić information content (AvgIpc) is 2.53. The van der Waals surface area contributed by atoms with Crippen LogP contribution in [0.15, 0.2) is 33.5 Å². The summed E-state index contributed by atoms with van der Waals surface area (Å²) < 4.78 is 16.1. The number of fused-ring (bicyclic) bond motifs is 1. The lowest BCUT2D eigenvalue weighted by Gasteiger charge is -2.25. The van der Waals surface area contributed by atoms with E-state index in [-0.39, 0.29) is 12.2 Å². The zero-order chi connectivity index (χ0) is 16.2. The number of rotatable bonds is 5. The van der Waals surface area contributed by atoms with E-state index in [4.69, 9.17) is 13.9 Å². The third-order valence-corrected chi connectivity index (χ3v) is 4.09. The van der Waals surface area contributed by atoms with Crippen molar-refractivity contribution in [2.75, 3.05) is 39.5 Å². The average molecular weight is 320 g/mol. The fraction of sp³-hybridized carbons (Fsp3) is 0.471. The van der Waals surface area contributed by atoms with Crippen molar-refractivity contribution < 1.29 is 23.9 Å². The van der Waals surface area contributed by atoms with Gasteiger partial charge in [-0.1, -0.05) is 0 Å². The van der Waals surface area contributed by atoms with Gasteiger partial charge < -0.3 is 23.9 Å². The van der Waals surface area contributed by atoms with Gasteiger partial charge in [0.1, 0.15) is 43.7 Å². The molecule has 0 saturated carbocycles. The Labute approximate surface area is 134 Å². The number of quaternary nitrogens is 1. The number of hydrogen-bond acceptors (Lipinski definition) is 5. The largest absolute Gasteiger partial charge is 0.491 e.